The van der Waals surface area contributed by atoms with Gasteiger partial charge >= 0.3 is 0 Å². The maximum Gasteiger partial charge on any atom is 0.244 e. The van der Waals surface area contributed by atoms with Gasteiger partial charge in [0.05, 0.1) is 31.6 Å². The topological polar surface area (TPSA) is 89.2 Å². The van der Waals surface area contributed by atoms with Crippen LogP contribution in [-0.4, -0.2) is 28.1 Å². The van der Waals surface area contributed by atoms with Crippen LogP contribution < -0.4 is 10.6 Å². The second-order valence-corrected chi connectivity index (χ2v) is 7.39. The molecule has 2 aromatic heterocycles. The largest absolute Gasteiger partial charge is 0.467 e. The first-order valence-electron chi connectivity index (χ1n) is 10.6. The summed E-state index contributed by atoms with van der Waals surface area (Å²) in [7, 11) is 0. The number of hydrogen-bond acceptors (Lipinski definition) is 4. The fourth-order valence-corrected chi connectivity index (χ4v) is 3.28. The Morgan fingerprint density at radius 1 is 0.939 bits per heavy atom. The Morgan fingerprint density at radius 3 is 2.42 bits per heavy atom. The zero-order valence-corrected chi connectivity index (χ0v) is 18.0. The lowest BCUT2D eigenvalue weighted by atomic mass is 10.1. The molecule has 0 unspecified atom stereocenters. The van der Waals surface area contributed by atoms with Crippen molar-refractivity contribution in [3.05, 3.63) is 108 Å². The van der Waals surface area contributed by atoms with Crippen LogP contribution in [0.5, 0.6) is 0 Å². The fraction of sp³-hybridized carbons (Fsp3) is 0.115. The Kier molecular flexibility index (Phi) is 7.12. The first-order valence-corrected chi connectivity index (χ1v) is 10.6. The Morgan fingerprint density at radius 2 is 1.70 bits per heavy atom. The molecule has 0 aliphatic heterocycles. The summed E-state index contributed by atoms with van der Waals surface area (Å²) in [5.74, 6) is -0.0118. The van der Waals surface area contributed by atoms with Crippen LogP contribution in [-0.2, 0) is 22.7 Å². The number of carbonyl (C=O) groups is 2. The van der Waals surface area contributed by atoms with Gasteiger partial charge in [-0.15, -0.1) is 0 Å². The average Bonchev–Trinajstić information content (AvgIpc) is 3.51. The summed E-state index contributed by atoms with van der Waals surface area (Å²) in [6.07, 6.45) is 6.58. The van der Waals surface area contributed by atoms with E-state index in [0.29, 0.717) is 12.3 Å². The lowest BCUT2D eigenvalue weighted by Gasteiger charge is -2.04. The molecule has 4 aromatic rings. The Labute approximate surface area is 191 Å². The quantitative estimate of drug-likeness (QED) is 0.389. The molecule has 0 atom stereocenters. The molecule has 7 heteroatoms. The minimum atomic E-state index is -0.363. The third kappa shape index (κ3) is 6.30. The lowest BCUT2D eigenvalue weighted by molar-refractivity contribution is -0.124. The fourth-order valence-electron chi connectivity index (χ4n) is 3.28. The lowest BCUT2D eigenvalue weighted by Crippen LogP contribution is -2.35. The van der Waals surface area contributed by atoms with Gasteiger partial charge in [-0.3, -0.25) is 14.3 Å². The molecule has 0 aliphatic rings. The third-order valence-electron chi connectivity index (χ3n) is 4.90. The number of carbonyl (C=O) groups excluding carboxylic acids is 2. The average molecular weight is 441 g/mol. The zero-order chi connectivity index (χ0) is 22.9. The van der Waals surface area contributed by atoms with E-state index < -0.39 is 0 Å². The molecule has 4 rings (SSSR count). The number of rotatable bonds is 9. The monoisotopic (exact) mass is 440 g/mol. The molecule has 0 spiro atoms. The van der Waals surface area contributed by atoms with Crippen LogP contribution in [0.2, 0.25) is 0 Å². The molecule has 33 heavy (non-hydrogen) atoms. The molecule has 7 nitrogen and oxygen atoms in total. The number of amides is 2. The van der Waals surface area contributed by atoms with Gasteiger partial charge in [0.15, 0.2) is 0 Å². The molecule has 0 aliphatic carbocycles. The first kappa shape index (κ1) is 21.8. The number of nitrogens with one attached hydrogen (secondary N) is 2. The Hall–Kier alpha value is -4.39. The van der Waals surface area contributed by atoms with Crippen LogP contribution in [0.25, 0.3) is 17.3 Å². The minimum absolute atomic E-state index is 0.122. The SMILES string of the molecule is O=C(C=Cc1cn(Cc2ccccc2)nc1-c1ccccc1)NCC(=O)NCc1ccco1. The van der Waals surface area contributed by atoms with Gasteiger partial charge in [0.25, 0.3) is 0 Å². The van der Waals surface area contributed by atoms with Gasteiger partial charge in [-0.05, 0) is 23.8 Å². The van der Waals surface area contributed by atoms with E-state index in [1.165, 1.54) is 6.08 Å². The van der Waals surface area contributed by atoms with Crippen LogP contribution in [0.4, 0.5) is 0 Å². The van der Waals surface area contributed by atoms with E-state index in [1.54, 1.807) is 24.5 Å². The van der Waals surface area contributed by atoms with Gasteiger partial charge in [0.2, 0.25) is 11.8 Å². The number of benzene rings is 2. The summed E-state index contributed by atoms with van der Waals surface area (Å²) in [5, 5.41) is 10.0. The highest BCUT2D eigenvalue weighted by Gasteiger charge is 2.10. The van der Waals surface area contributed by atoms with Crippen LogP contribution in [0.1, 0.15) is 16.9 Å². The molecule has 2 heterocycles. The van der Waals surface area contributed by atoms with Crippen molar-refractivity contribution >= 4 is 17.9 Å². The van der Waals surface area contributed by atoms with Crippen molar-refractivity contribution in [3.8, 4) is 11.3 Å². The molecule has 0 saturated heterocycles. The van der Waals surface area contributed by atoms with Gasteiger partial charge in [0, 0.05) is 23.4 Å². The van der Waals surface area contributed by atoms with Gasteiger partial charge < -0.3 is 15.1 Å². The van der Waals surface area contributed by atoms with Crippen molar-refractivity contribution in [1.82, 2.24) is 20.4 Å². The predicted molar refractivity (Wildman–Crippen MR) is 126 cm³/mol. The van der Waals surface area contributed by atoms with Crippen LogP contribution in [0, 0.1) is 0 Å². The highest BCUT2D eigenvalue weighted by molar-refractivity contribution is 5.95. The molecule has 2 N–H and O–H groups in total. The summed E-state index contributed by atoms with van der Waals surface area (Å²) >= 11 is 0. The van der Waals surface area contributed by atoms with Crippen LogP contribution in [0.3, 0.4) is 0 Å². The van der Waals surface area contributed by atoms with Gasteiger partial charge in [-0.25, -0.2) is 0 Å². The maximum atomic E-state index is 12.3. The molecular formula is C26H24N4O3. The second-order valence-electron chi connectivity index (χ2n) is 7.39. The van der Waals surface area contributed by atoms with Gasteiger partial charge in [0.1, 0.15) is 5.76 Å². The number of hydrogen-bond donors (Lipinski definition) is 2. The number of nitrogens with zero attached hydrogens (tertiary/aromatic N) is 2. The van der Waals surface area contributed by atoms with E-state index in [2.05, 4.69) is 10.6 Å². The van der Waals surface area contributed by atoms with E-state index in [-0.39, 0.29) is 24.9 Å². The molecular weight excluding hydrogens is 416 g/mol. The molecule has 2 amide bonds. The third-order valence-corrected chi connectivity index (χ3v) is 4.90. The van der Waals surface area contributed by atoms with E-state index in [0.717, 1.165) is 22.4 Å². The van der Waals surface area contributed by atoms with E-state index in [4.69, 9.17) is 9.52 Å². The maximum absolute atomic E-state index is 12.3. The normalized spacial score (nSPS) is 10.9. The van der Waals surface area contributed by atoms with Crippen molar-refractivity contribution in [2.75, 3.05) is 6.54 Å². The predicted octanol–water partition coefficient (Wildman–Crippen LogP) is 3.64. The zero-order valence-electron chi connectivity index (χ0n) is 18.0. The van der Waals surface area contributed by atoms with E-state index >= 15 is 0 Å². The second kappa shape index (κ2) is 10.8. The van der Waals surface area contributed by atoms with E-state index in [9.17, 15) is 9.59 Å². The number of aromatic nitrogens is 2. The minimum Gasteiger partial charge on any atom is -0.467 e. The molecule has 0 saturated carbocycles. The van der Waals surface area contributed by atoms with E-state index in [1.807, 2.05) is 71.5 Å². The number of furan rings is 1. The molecule has 0 bridgehead atoms. The van der Waals surface area contributed by atoms with Crippen molar-refractivity contribution < 1.29 is 14.0 Å². The smallest absolute Gasteiger partial charge is 0.244 e. The highest BCUT2D eigenvalue weighted by Crippen LogP contribution is 2.23. The van der Waals surface area contributed by atoms with Crippen molar-refractivity contribution in [2.45, 2.75) is 13.1 Å². The molecule has 166 valence electrons. The Balaban J connectivity index is 1.41. The Bertz CT molecular complexity index is 1210. The molecule has 0 fully saturated rings. The van der Waals surface area contributed by atoms with Crippen LogP contribution in [0.15, 0.2) is 95.7 Å². The van der Waals surface area contributed by atoms with Crippen molar-refractivity contribution in [1.29, 1.82) is 0 Å². The van der Waals surface area contributed by atoms with Crippen LogP contribution >= 0.6 is 0 Å². The van der Waals surface area contributed by atoms with Gasteiger partial charge in [-0.2, -0.15) is 5.10 Å². The molecule has 0 radical (unpaired) electrons. The summed E-state index contributed by atoms with van der Waals surface area (Å²) in [4.78, 5) is 24.2. The standard InChI is InChI=1S/C26H24N4O3/c31-24(28-17-25(32)27-16-23-12-7-15-33-23)14-13-22-19-30(18-20-8-3-1-4-9-20)29-26(22)21-10-5-2-6-11-21/h1-15,19H,16-18H2,(H,27,32)(H,28,31). The molecule has 2 aromatic carbocycles. The highest BCUT2D eigenvalue weighted by atomic mass is 16.3. The summed E-state index contributed by atoms with van der Waals surface area (Å²) in [5.41, 5.74) is 3.69. The first-order chi connectivity index (χ1) is 16.2. The summed E-state index contributed by atoms with van der Waals surface area (Å²) in [6.45, 7) is 0.776. The summed E-state index contributed by atoms with van der Waals surface area (Å²) < 4.78 is 7.02. The van der Waals surface area contributed by atoms with Gasteiger partial charge in [-0.1, -0.05) is 60.7 Å². The summed E-state index contributed by atoms with van der Waals surface area (Å²) in [6, 6.07) is 23.4. The van der Waals surface area contributed by atoms with Crippen molar-refractivity contribution in [2.24, 2.45) is 0 Å². The van der Waals surface area contributed by atoms with Crippen molar-refractivity contribution in [3.63, 3.8) is 0 Å².